The fraction of sp³-hybridized carbons (Fsp3) is 0.333. The Labute approximate surface area is 139 Å². The fourth-order valence-electron chi connectivity index (χ4n) is 3.45. The van der Waals surface area contributed by atoms with E-state index < -0.39 is 0 Å². The number of fused-ring (bicyclic) bond motifs is 1. The summed E-state index contributed by atoms with van der Waals surface area (Å²) in [6, 6.07) is 0. The van der Waals surface area contributed by atoms with Crippen LogP contribution in [0.4, 0.5) is 0 Å². The van der Waals surface area contributed by atoms with Crippen LogP contribution >= 0.6 is 22.9 Å². The van der Waals surface area contributed by atoms with Crippen molar-refractivity contribution in [1.82, 2.24) is 3.11 Å². The molecule has 2 atom stereocenters. The molecule has 2 nitrogen and oxygen atoms in total. The largest absolute Gasteiger partial charge is 0.458 e. The number of rotatable bonds is 0. The number of hydrogen-bond acceptors (Lipinski definition) is 2. The van der Waals surface area contributed by atoms with Crippen LogP contribution in [0.5, 0.6) is 0 Å². The van der Waals surface area contributed by atoms with Crippen LogP contribution in [0.25, 0.3) is 0 Å². The molecule has 4 rings (SSSR count). The molecule has 1 heterocycles. The Kier molecular flexibility index (Phi) is 3.32. The number of nitrogens with zero attached hydrogens (tertiary/aromatic N) is 1. The zero-order valence-corrected chi connectivity index (χ0v) is 14.2. The number of halogens is 1. The molecule has 1 aliphatic heterocycles. The summed E-state index contributed by atoms with van der Waals surface area (Å²) in [5.41, 5.74) is 3.90. The van der Waals surface area contributed by atoms with E-state index in [0.717, 1.165) is 30.8 Å². The quantitative estimate of drug-likeness (QED) is 0.418. The number of hydrogen-bond donors (Lipinski definition) is 0. The standard InChI is InChI=1S/C18H18INO/c1-12-10-16-18(11-13-6-2-3-7-14(12)13)21-17-9-5-4-8-15(17)20(16)19/h2-4,6-8,11-12,14H,5,9-10H2,1H3. The van der Waals surface area contributed by atoms with Crippen LogP contribution in [0.15, 0.2) is 71.0 Å². The third-order valence-electron chi connectivity index (χ3n) is 4.59. The van der Waals surface area contributed by atoms with Crippen LogP contribution in [0, 0.1) is 11.8 Å². The Morgan fingerprint density at radius 2 is 2.19 bits per heavy atom. The molecule has 0 aromatic heterocycles. The Hall–Kier alpha value is -1.23. The van der Waals surface area contributed by atoms with E-state index in [4.69, 9.17) is 4.74 Å². The third kappa shape index (κ3) is 2.22. The zero-order valence-electron chi connectivity index (χ0n) is 12.1. The first-order chi connectivity index (χ1) is 10.2. The number of allylic oxidation sites excluding steroid dienone is 10. The number of ether oxygens (including phenoxy) is 1. The Balaban J connectivity index is 1.76. The van der Waals surface area contributed by atoms with Crippen LogP contribution in [-0.4, -0.2) is 3.11 Å². The van der Waals surface area contributed by atoms with Crippen molar-refractivity contribution >= 4 is 22.9 Å². The molecule has 3 heteroatoms. The summed E-state index contributed by atoms with van der Waals surface area (Å²) in [5.74, 6) is 3.24. The molecule has 0 amide bonds. The van der Waals surface area contributed by atoms with Crippen molar-refractivity contribution in [2.75, 3.05) is 0 Å². The van der Waals surface area contributed by atoms with Gasteiger partial charge in [0, 0.05) is 12.3 Å². The van der Waals surface area contributed by atoms with E-state index in [0.29, 0.717) is 11.8 Å². The highest BCUT2D eigenvalue weighted by Crippen LogP contribution is 2.44. The SMILES string of the molecule is CC1CC2=C(C=C3C=CC=CC31)OC1=C(C=CCC1)N2I. The van der Waals surface area contributed by atoms with Gasteiger partial charge in [-0.1, -0.05) is 37.3 Å². The van der Waals surface area contributed by atoms with Gasteiger partial charge in [-0.25, -0.2) is 0 Å². The smallest absolute Gasteiger partial charge is 0.147 e. The van der Waals surface area contributed by atoms with Crippen LogP contribution in [-0.2, 0) is 4.74 Å². The van der Waals surface area contributed by atoms with Gasteiger partial charge in [0.15, 0.2) is 0 Å². The average molecular weight is 391 g/mol. The molecule has 4 aliphatic rings. The molecule has 0 radical (unpaired) electrons. The van der Waals surface area contributed by atoms with Gasteiger partial charge in [0.05, 0.1) is 34.3 Å². The Bertz CT molecular complexity index is 663. The minimum absolute atomic E-state index is 0.501. The second-order valence-electron chi connectivity index (χ2n) is 6.04. The molecule has 108 valence electrons. The van der Waals surface area contributed by atoms with E-state index >= 15 is 0 Å². The van der Waals surface area contributed by atoms with E-state index in [1.54, 1.807) is 0 Å². The lowest BCUT2D eigenvalue weighted by atomic mass is 9.83. The Morgan fingerprint density at radius 3 is 3.10 bits per heavy atom. The molecular weight excluding hydrogens is 373 g/mol. The fourth-order valence-corrected chi connectivity index (χ4v) is 4.32. The van der Waals surface area contributed by atoms with Gasteiger partial charge in [-0.15, -0.1) is 0 Å². The molecule has 0 bridgehead atoms. The maximum Gasteiger partial charge on any atom is 0.147 e. The lowest BCUT2D eigenvalue weighted by Gasteiger charge is -2.32. The zero-order chi connectivity index (χ0) is 14.4. The van der Waals surface area contributed by atoms with Gasteiger partial charge in [-0.3, -0.25) is 3.11 Å². The highest BCUT2D eigenvalue weighted by atomic mass is 127. The summed E-state index contributed by atoms with van der Waals surface area (Å²) in [7, 11) is 0. The van der Waals surface area contributed by atoms with Crippen molar-refractivity contribution in [3.8, 4) is 0 Å². The molecule has 21 heavy (non-hydrogen) atoms. The van der Waals surface area contributed by atoms with Crippen LogP contribution in [0.3, 0.4) is 0 Å². The van der Waals surface area contributed by atoms with E-state index in [1.807, 2.05) is 0 Å². The monoisotopic (exact) mass is 391 g/mol. The highest BCUT2D eigenvalue weighted by molar-refractivity contribution is 14.1. The first kappa shape index (κ1) is 13.4. The van der Waals surface area contributed by atoms with Crippen LogP contribution < -0.4 is 0 Å². The highest BCUT2D eigenvalue weighted by Gasteiger charge is 2.33. The molecule has 3 aliphatic carbocycles. The molecule has 2 unspecified atom stereocenters. The van der Waals surface area contributed by atoms with Gasteiger partial charge in [-0.05, 0) is 36.5 Å². The topological polar surface area (TPSA) is 12.5 Å². The third-order valence-corrected chi connectivity index (χ3v) is 5.70. The van der Waals surface area contributed by atoms with Crippen LogP contribution in [0.2, 0.25) is 0 Å². The van der Waals surface area contributed by atoms with E-state index in [2.05, 4.69) is 75.4 Å². The van der Waals surface area contributed by atoms with Crippen molar-refractivity contribution in [2.45, 2.75) is 26.2 Å². The van der Waals surface area contributed by atoms with E-state index in [-0.39, 0.29) is 0 Å². The maximum absolute atomic E-state index is 6.27. The second-order valence-corrected chi connectivity index (χ2v) is 7.00. The molecule has 0 N–H and O–H groups in total. The molecule has 0 saturated heterocycles. The lowest BCUT2D eigenvalue weighted by molar-refractivity contribution is 0.263. The summed E-state index contributed by atoms with van der Waals surface area (Å²) in [4.78, 5) is 0. The summed E-state index contributed by atoms with van der Waals surface area (Å²) in [6.45, 7) is 2.34. The predicted molar refractivity (Wildman–Crippen MR) is 93.0 cm³/mol. The van der Waals surface area contributed by atoms with Crippen LogP contribution in [0.1, 0.15) is 26.2 Å². The first-order valence-corrected chi connectivity index (χ1v) is 8.53. The summed E-state index contributed by atoms with van der Waals surface area (Å²) in [6.07, 6.45) is 18.6. The normalized spacial score (nSPS) is 30.4. The van der Waals surface area contributed by atoms with Gasteiger partial charge < -0.3 is 4.74 Å². The molecule has 0 aromatic rings. The van der Waals surface area contributed by atoms with E-state index in [9.17, 15) is 0 Å². The van der Waals surface area contributed by atoms with Crippen molar-refractivity contribution < 1.29 is 4.74 Å². The Morgan fingerprint density at radius 1 is 1.29 bits per heavy atom. The lowest BCUT2D eigenvalue weighted by Crippen LogP contribution is -2.22. The second kappa shape index (κ2) is 5.20. The summed E-state index contributed by atoms with van der Waals surface area (Å²) >= 11 is 2.43. The molecule has 0 saturated carbocycles. The minimum atomic E-state index is 0.501. The minimum Gasteiger partial charge on any atom is -0.458 e. The van der Waals surface area contributed by atoms with Crippen molar-refractivity contribution in [2.24, 2.45) is 11.8 Å². The summed E-state index contributed by atoms with van der Waals surface area (Å²) < 4.78 is 8.57. The average Bonchev–Trinajstić information content (AvgIpc) is 2.65. The molecule has 0 aromatic carbocycles. The molecule has 0 spiro atoms. The maximum atomic E-state index is 6.27. The van der Waals surface area contributed by atoms with Crippen molar-refractivity contribution in [1.29, 1.82) is 0 Å². The summed E-state index contributed by atoms with van der Waals surface area (Å²) in [5, 5.41) is 0. The van der Waals surface area contributed by atoms with E-state index in [1.165, 1.54) is 17.0 Å². The van der Waals surface area contributed by atoms with Gasteiger partial charge >= 0.3 is 0 Å². The molecule has 0 fully saturated rings. The first-order valence-electron chi connectivity index (χ1n) is 7.57. The van der Waals surface area contributed by atoms with Crippen molar-refractivity contribution in [3.63, 3.8) is 0 Å². The molecular formula is C18H18INO. The van der Waals surface area contributed by atoms with Crippen molar-refractivity contribution in [3.05, 3.63) is 71.0 Å². The predicted octanol–water partition coefficient (Wildman–Crippen LogP) is 5.15. The van der Waals surface area contributed by atoms with Gasteiger partial charge in [-0.2, -0.15) is 0 Å². The van der Waals surface area contributed by atoms with Gasteiger partial charge in [0.2, 0.25) is 0 Å². The van der Waals surface area contributed by atoms with Gasteiger partial charge in [0.1, 0.15) is 11.5 Å². The van der Waals surface area contributed by atoms with Gasteiger partial charge in [0.25, 0.3) is 0 Å².